The van der Waals surface area contributed by atoms with Gasteiger partial charge in [-0.05, 0) is 50.5 Å². The average Bonchev–Trinajstić information content (AvgIpc) is 2.70. The third-order valence-corrected chi connectivity index (χ3v) is 3.87. The Hall–Kier alpha value is -2.70. The maximum Gasteiger partial charge on any atom is 0.345 e. The van der Waals surface area contributed by atoms with Crippen LogP contribution >= 0.6 is 0 Å². The van der Waals surface area contributed by atoms with Crippen molar-refractivity contribution in [1.29, 1.82) is 0 Å². The Morgan fingerprint density at radius 1 is 0.862 bits per heavy atom. The van der Waals surface area contributed by atoms with Crippen LogP contribution in [0.2, 0.25) is 0 Å². The van der Waals surface area contributed by atoms with E-state index < -0.39 is 11.9 Å². The summed E-state index contributed by atoms with van der Waals surface area (Å²) in [6.45, 7) is 8.62. The lowest BCUT2D eigenvalue weighted by Gasteiger charge is -2.13. The van der Waals surface area contributed by atoms with Crippen molar-refractivity contribution >= 4 is 18.0 Å². The van der Waals surface area contributed by atoms with E-state index >= 15 is 0 Å². The molecule has 0 aromatic heterocycles. The number of aromatic hydroxyl groups is 1. The maximum atomic E-state index is 12.5. The van der Waals surface area contributed by atoms with E-state index in [-0.39, 0.29) is 36.0 Å². The standard InChI is InChI=1S/C22H32O7/c1-5-9-11-28-21(24)17(22(25)29-12-10-6-2)13-16-14-18(26-7-3)20(23)19(15-16)27-8-4/h13-15,23H,5-12H2,1-4H3. The average molecular weight is 408 g/mol. The first-order valence-electron chi connectivity index (χ1n) is 10.2. The number of benzene rings is 1. The smallest absolute Gasteiger partial charge is 0.345 e. The monoisotopic (exact) mass is 408 g/mol. The number of carbonyl (C=O) groups excluding carboxylic acids is 2. The molecule has 162 valence electrons. The predicted octanol–water partition coefficient (Wildman–Crippen LogP) is 4.26. The van der Waals surface area contributed by atoms with Crippen LogP contribution in [0.15, 0.2) is 17.7 Å². The van der Waals surface area contributed by atoms with Gasteiger partial charge in [-0.15, -0.1) is 0 Å². The minimum Gasteiger partial charge on any atom is -0.502 e. The molecule has 1 aromatic carbocycles. The van der Waals surface area contributed by atoms with Gasteiger partial charge in [0.1, 0.15) is 5.57 Å². The van der Waals surface area contributed by atoms with Gasteiger partial charge in [-0.25, -0.2) is 9.59 Å². The Bertz CT molecular complexity index is 643. The van der Waals surface area contributed by atoms with Gasteiger partial charge >= 0.3 is 11.9 Å². The lowest BCUT2D eigenvalue weighted by molar-refractivity contribution is -0.147. The summed E-state index contributed by atoms with van der Waals surface area (Å²) < 4.78 is 21.3. The van der Waals surface area contributed by atoms with Gasteiger partial charge in [-0.3, -0.25) is 0 Å². The van der Waals surface area contributed by atoms with Gasteiger partial charge in [0.2, 0.25) is 5.75 Å². The van der Waals surface area contributed by atoms with E-state index in [1.807, 2.05) is 13.8 Å². The molecule has 0 amide bonds. The van der Waals surface area contributed by atoms with Crippen LogP contribution in [0, 0.1) is 0 Å². The fraction of sp³-hybridized carbons (Fsp3) is 0.545. The number of phenolic OH excluding ortho intramolecular Hbond substituents is 1. The van der Waals surface area contributed by atoms with E-state index in [1.54, 1.807) is 13.8 Å². The molecule has 0 atom stereocenters. The highest BCUT2D eigenvalue weighted by molar-refractivity contribution is 6.17. The number of phenols is 1. The zero-order valence-electron chi connectivity index (χ0n) is 17.8. The first-order valence-corrected chi connectivity index (χ1v) is 10.2. The molecule has 0 fully saturated rings. The first kappa shape index (κ1) is 24.3. The molecule has 0 heterocycles. The second-order valence-corrected chi connectivity index (χ2v) is 6.27. The Morgan fingerprint density at radius 3 is 1.69 bits per heavy atom. The van der Waals surface area contributed by atoms with Crippen molar-refractivity contribution in [2.24, 2.45) is 0 Å². The SMILES string of the molecule is CCCCOC(=O)C(=Cc1cc(OCC)c(O)c(OCC)c1)C(=O)OCCCC. The summed E-state index contributed by atoms with van der Waals surface area (Å²) in [7, 11) is 0. The van der Waals surface area contributed by atoms with Gasteiger partial charge in [-0.2, -0.15) is 0 Å². The summed E-state index contributed by atoms with van der Waals surface area (Å²) in [6, 6.07) is 3.06. The van der Waals surface area contributed by atoms with Crippen LogP contribution in [-0.4, -0.2) is 43.5 Å². The van der Waals surface area contributed by atoms with E-state index in [1.165, 1.54) is 18.2 Å². The molecule has 7 nitrogen and oxygen atoms in total. The minimum absolute atomic E-state index is 0.136. The van der Waals surface area contributed by atoms with Gasteiger partial charge in [0.05, 0.1) is 26.4 Å². The van der Waals surface area contributed by atoms with Crippen LogP contribution in [-0.2, 0) is 19.1 Å². The highest BCUT2D eigenvalue weighted by Crippen LogP contribution is 2.38. The largest absolute Gasteiger partial charge is 0.502 e. The molecule has 29 heavy (non-hydrogen) atoms. The molecule has 0 spiro atoms. The lowest BCUT2D eigenvalue weighted by Crippen LogP contribution is -2.19. The molecule has 1 N–H and O–H groups in total. The number of ether oxygens (including phenoxy) is 4. The number of rotatable bonds is 13. The highest BCUT2D eigenvalue weighted by Gasteiger charge is 2.22. The Labute approximate surface area is 172 Å². The topological polar surface area (TPSA) is 91.3 Å². The first-order chi connectivity index (χ1) is 14.0. The van der Waals surface area contributed by atoms with E-state index in [9.17, 15) is 14.7 Å². The zero-order chi connectivity index (χ0) is 21.6. The molecule has 0 bridgehead atoms. The molecule has 1 rings (SSSR count). The van der Waals surface area contributed by atoms with Crippen LogP contribution in [0.3, 0.4) is 0 Å². The molecular formula is C22H32O7. The molecule has 0 saturated heterocycles. The molecule has 0 aliphatic heterocycles. The number of hydrogen-bond acceptors (Lipinski definition) is 7. The number of carbonyl (C=O) groups is 2. The predicted molar refractivity (Wildman–Crippen MR) is 110 cm³/mol. The van der Waals surface area contributed by atoms with E-state index in [0.29, 0.717) is 31.6 Å². The molecule has 0 radical (unpaired) electrons. The van der Waals surface area contributed by atoms with E-state index in [4.69, 9.17) is 18.9 Å². The zero-order valence-corrected chi connectivity index (χ0v) is 17.8. The summed E-state index contributed by atoms with van der Waals surface area (Å²) in [5.74, 6) is -1.23. The maximum absolute atomic E-state index is 12.5. The van der Waals surface area contributed by atoms with Gasteiger partial charge in [0, 0.05) is 0 Å². The second-order valence-electron chi connectivity index (χ2n) is 6.27. The van der Waals surface area contributed by atoms with Crippen molar-refractivity contribution in [2.75, 3.05) is 26.4 Å². The molecular weight excluding hydrogens is 376 g/mol. The Kier molecular flexibility index (Phi) is 11.3. The quantitative estimate of drug-likeness (QED) is 0.171. The second kappa shape index (κ2) is 13.5. The van der Waals surface area contributed by atoms with Gasteiger partial charge in [-0.1, -0.05) is 26.7 Å². The molecule has 0 saturated carbocycles. The van der Waals surface area contributed by atoms with Crippen molar-refractivity contribution in [3.8, 4) is 17.2 Å². The third-order valence-electron chi connectivity index (χ3n) is 3.87. The highest BCUT2D eigenvalue weighted by atomic mass is 16.6. The fourth-order valence-electron chi connectivity index (χ4n) is 2.36. The summed E-state index contributed by atoms with van der Waals surface area (Å²) in [5, 5.41) is 10.3. The number of esters is 2. The van der Waals surface area contributed by atoms with Crippen molar-refractivity contribution < 1.29 is 33.6 Å². The van der Waals surface area contributed by atoms with E-state index in [0.717, 1.165) is 12.8 Å². The summed E-state index contributed by atoms with van der Waals surface area (Å²) in [6.07, 6.45) is 4.49. The van der Waals surface area contributed by atoms with Crippen LogP contribution in [0.5, 0.6) is 17.2 Å². The van der Waals surface area contributed by atoms with Crippen molar-refractivity contribution in [3.05, 3.63) is 23.3 Å². The van der Waals surface area contributed by atoms with Crippen molar-refractivity contribution in [3.63, 3.8) is 0 Å². The summed E-state index contributed by atoms with van der Waals surface area (Å²) >= 11 is 0. The van der Waals surface area contributed by atoms with Crippen LogP contribution in [0.25, 0.3) is 6.08 Å². The van der Waals surface area contributed by atoms with Crippen LogP contribution in [0.4, 0.5) is 0 Å². The molecule has 1 aromatic rings. The van der Waals surface area contributed by atoms with Gasteiger partial charge in [0.15, 0.2) is 11.5 Å². The summed E-state index contributed by atoms with van der Waals surface area (Å²) in [5.41, 5.74) is 0.234. The van der Waals surface area contributed by atoms with E-state index in [2.05, 4.69) is 0 Å². The third kappa shape index (κ3) is 8.05. The van der Waals surface area contributed by atoms with Crippen LogP contribution in [0.1, 0.15) is 58.9 Å². The van der Waals surface area contributed by atoms with Crippen LogP contribution < -0.4 is 9.47 Å². The lowest BCUT2D eigenvalue weighted by atomic mass is 10.1. The van der Waals surface area contributed by atoms with Crippen molar-refractivity contribution in [2.45, 2.75) is 53.4 Å². The van der Waals surface area contributed by atoms with Crippen molar-refractivity contribution in [1.82, 2.24) is 0 Å². The van der Waals surface area contributed by atoms with Gasteiger partial charge < -0.3 is 24.1 Å². The molecule has 0 aliphatic carbocycles. The summed E-state index contributed by atoms with van der Waals surface area (Å²) in [4.78, 5) is 25.0. The minimum atomic E-state index is -0.746. The Morgan fingerprint density at radius 2 is 1.31 bits per heavy atom. The fourth-order valence-corrected chi connectivity index (χ4v) is 2.36. The Balaban J connectivity index is 3.27. The molecule has 0 unspecified atom stereocenters. The number of unbranched alkanes of at least 4 members (excludes halogenated alkanes) is 2. The van der Waals surface area contributed by atoms with Gasteiger partial charge in [0.25, 0.3) is 0 Å². The number of hydrogen-bond donors (Lipinski definition) is 1. The molecule has 0 aliphatic rings. The molecule has 7 heteroatoms. The normalized spacial score (nSPS) is 10.2.